The highest BCUT2D eigenvalue weighted by Crippen LogP contribution is 2.30. The van der Waals surface area contributed by atoms with Crippen LogP contribution in [0, 0.1) is 11.3 Å². The minimum Gasteiger partial charge on any atom is -0.363 e. The molecule has 3 rings (SSSR count). The van der Waals surface area contributed by atoms with Gasteiger partial charge in [0.25, 0.3) is 0 Å². The van der Waals surface area contributed by atoms with Crippen molar-refractivity contribution in [2.24, 2.45) is 0 Å². The van der Waals surface area contributed by atoms with Gasteiger partial charge in [0.2, 0.25) is 0 Å². The second kappa shape index (κ2) is 4.30. The van der Waals surface area contributed by atoms with Crippen molar-refractivity contribution in [2.75, 3.05) is 18.4 Å². The third kappa shape index (κ3) is 2.22. The summed E-state index contributed by atoms with van der Waals surface area (Å²) in [7, 11) is 0. The molecule has 1 atom stereocenters. The van der Waals surface area contributed by atoms with Gasteiger partial charge < -0.3 is 5.32 Å². The SMILES string of the molecule is N#Cc1ccnnc1NC1CCN(C2CC2)C1. The molecule has 5 nitrogen and oxygen atoms in total. The van der Waals surface area contributed by atoms with Gasteiger partial charge in [0.15, 0.2) is 5.82 Å². The zero-order valence-electron chi connectivity index (χ0n) is 9.63. The lowest BCUT2D eigenvalue weighted by atomic mass is 10.2. The summed E-state index contributed by atoms with van der Waals surface area (Å²) in [5.41, 5.74) is 0.574. The lowest BCUT2D eigenvalue weighted by Gasteiger charge is -2.16. The maximum Gasteiger partial charge on any atom is 0.166 e. The number of anilines is 1. The van der Waals surface area contributed by atoms with E-state index in [2.05, 4.69) is 26.5 Å². The van der Waals surface area contributed by atoms with Gasteiger partial charge in [0, 0.05) is 25.2 Å². The molecule has 1 aliphatic carbocycles. The second-order valence-electron chi connectivity index (χ2n) is 4.76. The van der Waals surface area contributed by atoms with E-state index in [1.165, 1.54) is 12.8 Å². The maximum absolute atomic E-state index is 8.97. The van der Waals surface area contributed by atoms with E-state index in [-0.39, 0.29) is 0 Å². The molecule has 0 aromatic carbocycles. The molecule has 1 saturated heterocycles. The van der Waals surface area contributed by atoms with Gasteiger partial charge in [-0.1, -0.05) is 0 Å². The van der Waals surface area contributed by atoms with Gasteiger partial charge >= 0.3 is 0 Å². The number of aromatic nitrogens is 2. The van der Waals surface area contributed by atoms with Gasteiger partial charge in [-0.2, -0.15) is 10.4 Å². The molecule has 0 spiro atoms. The first-order valence-electron chi connectivity index (χ1n) is 6.09. The topological polar surface area (TPSA) is 64.8 Å². The van der Waals surface area contributed by atoms with Crippen LogP contribution >= 0.6 is 0 Å². The van der Waals surface area contributed by atoms with Crippen LogP contribution in [0.4, 0.5) is 5.82 Å². The normalized spacial score (nSPS) is 24.5. The Morgan fingerprint density at radius 3 is 3.06 bits per heavy atom. The van der Waals surface area contributed by atoms with Crippen LogP contribution in [-0.2, 0) is 0 Å². The molecule has 0 radical (unpaired) electrons. The third-order valence-electron chi connectivity index (χ3n) is 3.46. The van der Waals surface area contributed by atoms with Crippen molar-refractivity contribution >= 4 is 5.82 Å². The summed E-state index contributed by atoms with van der Waals surface area (Å²) >= 11 is 0. The molecule has 2 heterocycles. The molecule has 1 saturated carbocycles. The zero-order valence-corrected chi connectivity index (χ0v) is 9.63. The fourth-order valence-corrected chi connectivity index (χ4v) is 2.40. The molecule has 1 aliphatic heterocycles. The first kappa shape index (κ1) is 10.5. The van der Waals surface area contributed by atoms with Gasteiger partial charge in [-0.15, -0.1) is 5.10 Å². The largest absolute Gasteiger partial charge is 0.363 e. The van der Waals surface area contributed by atoms with Crippen molar-refractivity contribution < 1.29 is 0 Å². The Bertz CT molecular complexity index is 448. The summed E-state index contributed by atoms with van der Waals surface area (Å²) < 4.78 is 0. The molecule has 1 aromatic heterocycles. The molecule has 5 heteroatoms. The van der Waals surface area contributed by atoms with E-state index in [1.54, 1.807) is 12.3 Å². The van der Waals surface area contributed by atoms with Crippen LogP contribution in [0.5, 0.6) is 0 Å². The van der Waals surface area contributed by atoms with Crippen LogP contribution in [-0.4, -0.2) is 40.3 Å². The Morgan fingerprint density at radius 2 is 2.29 bits per heavy atom. The van der Waals surface area contributed by atoms with E-state index in [0.717, 1.165) is 25.6 Å². The van der Waals surface area contributed by atoms with Crippen molar-refractivity contribution in [3.8, 4) is 6.07 Å². The van der Waals surface area contributed by atoms with Crippen LogP contribution < -0.4 is 5.32 Å². The average molecular weight is 229 g/mol. The number of hydrogen-bond donors (Lipinski definition) is 1. The Balaban J connectivity index is 1.65. The fraction of sp³-hybridized carbons (Fsp3) is 0.583. The summed E-state index contributed by atoms with van der Waals surface area (Å²) in [4.78, 5) is 2.53. The Hall–Kier alpha value is -1.67. The molecule has 1 N–H and O–H groups in total. The quantitative estimate of drug-likeness (QED) is 0.837. The van der Waals surface area contributed by atoms with E-state index < -0.39 is 0 Å². The van der Waals surface area contributed by atoms with Crippen molar-refractivity contribution in [1.82, 2.24) is 15.1 Å². The highest BCUT2D eigenvalue weighted by Gasteiger charge is 2.34. The Kier molecular flexibility index (Phi) is 2.65. The van der Waals surface area contributed by atoms with Gasteiger partial charge in [0.05, 0.1) is 11.8 Å². The predicted octanol–water partition coefficient (Wildman–Crippen LogP) is 0.997. The zero-order chi connectivity index (χ0) is 11.7. The maximum atomic E-state index is 8.97. The van der Waals surface area contributed by atoms with Crippen LogP contribution in [0.3, 0.4) is 0 Å². The molecule has 1 unspecified atom stereocenters. The molecule has 2 fully saturated rings. The van der Waals surface area contributed by atoms with Crippen molar-refractivity contribution in [1.29, 1.82) is 5.26 Å². The fourth-order valence-electron chi connectivity index (χ4n) is 2.40. The average Bonchev–Trinajstić information content (AvgIpc) is 3.11. The number of nitriles is 1. The summed E-state index contributed by atoms with van der Waals surface area (Å²) in [5.74, 6) is 0.623. The minimum absolute atomic E-state index is 0.402. The smallest absolute Gasteiger partial charge is 0.166 e. The van der Waals surface area contributed by atoms with E-state index in [9.17, 15) is 0 Å². The lowest BCUT2D eigenvalue weighted by Crippen LogP contribution is -2.28. The number of nitrogens with one attached hydrogen (secondary N) is 1. The second-order valence-corrected chi connectivity index (χ2v) is 4.76. The standard InChI is InChI=1S/C12H15N5/c13-7-9-3-5-14-16-12(9)15-10-4-6-17(8-10)11-1-2-11/h3,5,10-11H,1-2,4,6,8H2,(H,15,16). The first-order chi connectivity index (χ1) is 8.36. The van der Waals surface area contributed by atoms with Crippen LogP contribution in [0.15, 0.2) is 12.3 Å². The van der Waals surface area contributed by atoms with E-state index in [1.807, 2.05) is 0 Å². The van der Waals surface area contributed by atoms with Crippen LogP contribution in [0.2, 0.25) is 0 Å². The summed E-state index contributed by atoms with van der Waals surface area (Å²) in [6.45, 7) is 2.22. The van der Waals surface area contributed by atoms with Crippen molar-refractivity contribution in [3.05, 3.63) is 17.8 Å². The molecule has 2 aliphatic rings. The molecule has 17 heavy (non-hydrogen) atoms. The minimum atomic E-state index is 0.402. The molecule has 0 amide bonds. The third-order valence-corrected chi connectivity index (χ3v) is 3.46. The number of nitrogens with zero attached hydrogens (tertiary/aromatic N) is 4. The number of rotatable bonds is 3. The molecule has 1 aromatic rings. The summed E-state index contributed by atoms with van der Waals surface area (Å²) in [5, 5.41) is 20.1. The molecule has 88 valence electrons. The Morgan fingerprint density at radius 1 is 1.41 bits per heavy atom. The van der Waals surface area contributed by atoms with Crippen molar-refractivity contribution in [3.63, 3.8) is 0 Å². The van der Waals surface area contributed by atoms with Gasteiger partial charge in [-0.05, 0) is 25.3 Å². The summed E-state index contributed by atoms with van der Waals surface area (Å²) in [6.07, 6.45) is 5.37. The Labute approximate surface area is 100 Å². The van der Waals surface area contributed by atoms with E-state index >= 15 is 0 Å². The van der Waals surface area contributed by atoms with Gasteiger partial charge in [-0.25, -0.2) is 0 Å². The predicted molar refractivity (Wildman–Crippen MR) is 63.4 cm³/mol. The van der Waals surface area contributed by atoms with E-state index in [0.29, 0.717) is 17.4 Å². The highest BCUT2D eigenvalue weighted by atomic mass is 15.3. The number of hydrogen-bond acceptors (Lipinski definition) is 5. The monoisotopic (exact) mass is 229 g/mol. The first-order valence-corrected chi connectivity index (χ1v) is 6.09. The van der Waals surface area contributed by atoms with E-state index in [4.69, 9.17) is 5.26 Å². The highest BCUT2D eigenvalue weighted by molar-refractivity contribution is 5.50. The molecular formula is C12H15N5. The molecular weight excluding hydrogens is 214 g/mol. The van der Waals surface area contributed by atoms with Crippen LogP contribution in [0.1, 0.15) is 24.8 Å². The van der Waals surface area contributed by atoms with Gasteiger partial charge in [-0.3, -0.25) is 4.90 Å². The van der Waals surface area contributed by atoms with Gasteiger partial charge in [0.1, 0.15) is 6.07 Å². The van der Waals surface area contributed by atoms with Crippen LogP contribution in [0.25, 0.3) is 0 Å². The summed E-state index contributed by atoms with van der Waals surface area (Å²) in [6, 6.07) is 5.06. The van der Waals surface area contributed by atoms with Crippen molar-refractivity contribution in [2.45, 2.75) is 31.3 Å². The molecule has 0 bridgehead atoms. The lowest BCUT2D eigenvalue weighted by molar-refractivity contribution is 0.326. The number of likely N-dealkylation sites (tertiary alicyclic amines) is 1.